The standard InChI is InChI=1S/C23H24F3N5O/c24-23(25,26)16-7-6-8-17(15-16)28-19-10-4-3-9-18(19)22(32)27-13-12-21-30-29-20-11-2-1-5-14-31(20)21/h3-4,6-10,15,28H,1-2,5,11-14H2,(H,27,32). The van der Waals surface area contributed by atoms with Gasteiger partial charge in [0, 0.05) is 31.6 Å². The van der Waals surface area contributed by atoms with E-state index in [1.165, 1.54) is 18.6 Å². The third-order valence-corrected chi connectivity index (χ3v) is 5.46. The molecule has 1 aliphatic heterocycles. The fourth-order valence-corrected chi connectivity index (χ4v) is 3.83. The number of amides is 1. The summed E-state index contributed by atoms with van der Waals surface area (Å²) in [6.07, 6.45) is 0.434. The average Bonchev–Trinajstić information content (AvgIpc) is 3.00. The number of nitrogens with one attached hydrogen (secondary N) is 2. The second-order valence-electron chi connectivity index (χ2n) is 7.75. The van der Waals surface area contributed by atoms with Gasteiger partial charge in [0.1, 0.15) is 11.6 Å². The molecular formula is C23H24F3N5O. The van der Waals surface area contributed by atoms with Gasteiger partial charge in [0.2, 0.25) is 0 Å². The maximum atomic E-state index is 13.0. The molecule has 6 nitrogen and oxygen atoms in total. The van der Waals surface area contributed by atoms with Gasteiger partial charge in [-0.1, -0.05) is 24.6 Å². The summed E-state index contributed by atoms with van der Waals surface area (Å²) in [6.45, 7) is 1.28. The van der Waals surface area contributed by atoms with Crippen LogP contribution < -0.4 is 10.6 Å². The van der Waals surface area contributed by atoms with Crippen molar-refractivity contribution in [3.63, 3.8) is 0 Å². The highest BCUT2D eigenvalue weighted by molar-refractivity contribution is 6.00. The lowest BCUT2D eigenvalue weighted by atomic mass is 10.1. The minimum absolute atomic E-state index is 0.256. The van der Waals surface area contributed by atoms with Crippen LogP contribution in [0.1, 0.15) is 46.8 Å². The van der Waals surface area contributed by atoms with Gasteiger partial charge in [-0.15, -0.1) is 10.2 Å². The molecule has 0 saturated heterocycles. The van der Waals surface area contributed by atoms with Crippen LogP contribution in [-0.2, 0) is 25.6 Å². The van der Waals surface area contributed by atoms with Crippen LogP contribution in [0.25, 0.3) is 0 Å². The number of hydrogen-bond acceptors (Lipinski definition) is 4. The second kappa shape index (κ2) is 9.42. The van der Waals surface area contributed by atoms with Crippen LogP contribution in [0.15, 0.2) is 48.5 Å². The molecule has 4 rings (SSSR count). The summed E-state index contributed by atoms with van der Waals surface area (Å²) in [5.74, 6) is 1.55. The number of para-hydroxylation sites is 1. The number of nitrogens with zero attached hydrogens (tertiary/aromatic N) is 3. The van der Waals surface area contributed by atoms with Gasteiger partial charge in [0.15, 0.2) is 0 Å². The van der Waals surface area contributed by atoms with Crippen molar-refractivity contribution < 1.29 is 18.0 Å². The highest BCUT2D eigenvalue weighted by Crippen LogP contribution is 2.31. The number of aryl methyl sites for hydroxylation is 1. The molecule has 2 heterocycles. The maximum absolute atomic E-state index is 13.0. The van der Waals surface area contributed by atoms with E-state index in [0.717, 1.165) is 49.6 Å². The molecule has 0 atom stereocenters. The lowest BCUT2D eigenvalue weighted by Crippen LogP contribution is -2.27. The highest BCUT2D eigenvalue weighted by Gasteiger charge is 2.30. The van der Waals surface area contributed by atoms with Crippen LogP contribution >= 0.6 is 0 Å². The van der Waals surface area contributed by atoms with Crippen molar-refractivity contribution in [2.75, 3.05) is 11.9 Å². The predicted octanol–water partition coefficient (Wildman–Crippen LogP) is 4.74. The van der Waals surface area contributed by atoms with E-state index in [1.54, 1.807) is 24.3 Å². The minimum atomic E-state index is -4.44. The molecule has 168 valence electrons. The van der Waals surface area contributed by atoms with Crippen molar-refractivity contribution in [2.24, 2.45) is 0 Å². The first-order valence-electron chi connectivity index (χ1n) is 10.6. The third kappa shape index (κ3) is 5.09. The molecule has 1 amide bonds. The van der Waals surface area contributed by atoms with Gasteiger partial charge >= 0.3 is 6.18 Å². The van der Waals surface area contributed by atoms with Gasteiger partial charge in [0.05, 0.1) is 16.8 Å². The Morgan fingerprint density at radius 2 is 1.88 bits per heavy atom. The van der Waals surface area contributed by atoms with Gasteiger partial charge in [-0.3, -0.25) is 4.79 Å². The summed E-state index contributed by atoms with van der Waals surface area (Å²) in [4.78, 5) is 12.8. The zero-order valence-electron chi connectivity index (χ0n) is 17.5. The average molecular weight is 443 g/mol. The lowest BCUT2D eigenvalue weighted by Gasteiger charge is -2.14. The van der Waals surface area contributed by atoms with E-state index in [2.05, 4.69) is 25.4 Å². The lowest BCUT2D eigenvalue weighted by molar-refractivity contribution is -0.137. The van der Waals surface area contributed by atoms with Gasteiger partial charge < -0.3 is 15.2 Å². The third-order valence-electron chi connectivity index (χ3n) is 5.46. The molecule has 1 aliphatic rings. The molecule has 0 aliphatic carbocycles. The Kier molecular flexibility index (Phi) is 6.43. The molecule has 2 aromatic carbocycles. The van der Waals surface area contributed by atoms with Crippen LogP contribution in [-0.4, -0.2) is 27.2 Å². The van der Waals surface area contributed by atoms with Gasteiger partial charge in [0.25, 0.3) is 5.91 Å². The van der Waals surface area contributed by atoms with Crippen molar-refractivity contribution in [3.8, 4) is 0 Å². The Hall–Kier alpha value is -3.36. The van der Waals surface area contributed by atoms with E-state index in [4.69, 9.17) is 0 Å². The Morgan fingerprint density at radius 1 is 1.03 bits per heavy atom. The molecule has 32 heavy (non-hydrogen) atoms. The van der Waals surface area contributed by atoms with E-state index in [9.17, 15) is 18.0 Å². The normalized spacial score (nSPS) is 13.8. The molecule has 0 unspecified atom stereocenters. The van der Waals surface area contributed by atoms with Crippen LogP contribution in [0, 0.1) is 0 Å². The van der Waals surface area contributed by atoms with Crippen molar-refractivity contribution in [1.29, 1.82) is 0 Å². The first-order chi connectivity index (χ1) is 15.4. The first kappa shape index (κ1) is 21.9. The molecule has 3 aromatic rings. The molecule has 1 aromatic heterocycles. The number of halogens is 3. The van der Waals surface area contributed by atoms with E-state index in [1.807, 2.05) is 0 Å². The van der Waals surface area contributed by atoms with E-state index >= 15 is 0 Å². The maximum Gasteiger partial charge on any atom is 0.416 e. The van der Waals surface area contributed by atoms with E-state index in [0.29, 0.717) is 24.2 Å². The summed E-state index contributed by atoms with van der Waals surface area (Å²) in [6, 6.07) is 11.6. The van der Waals surface area contributed by atoms with Crippen LogP contribution in [0.5, 0.6) is 0 Å². The summed E-state index contributed by atoms with van der Waals surface area (Å²) < 4.78 is 41.1. The summed E-state index contributed by atoms with van der Waals surface area (Å²) in [5, 5.41) is 14.3. The Morgan fingerprint density at radius 3 is 2.72 bits per heavy atom. The SMILES string of the molecule is O=C(NCCc1nnc2n1CCCCC2)c1ccccc1Nc1cccc(C(F)(F)F)c1. The number of fused-ring (bicyclic) bond motifs is 1. The zero-order chi connectivity index (χ0) is 22.6. The number of hydrogen-bond donors (Lipinski definition) is 2. The Balaban J connectivity index is 1.42. The molecule has 0 saturated carbocycles. The Bertz CT molecular complexity index is 1090. The number of alkyl halides is 3. The summed E-state index contributed by atoms with van der Waals surface area (Å²) >= 11 is 0. The number of anilines is 2. The smallest absolute Gasteiger partial charge is 0.355 e. The topological polar surface area (TPSA) is 71.8 Å². The van der Waals surface area contributed by atoms with Crippen molar-refractivity contribution in [1.82, 2.24) is 20.1 Å². The van der Waals surface area contributed by atoms with Crippen LogP contribution in [0.3, 0.4) is 0 Å². The fourth-order valence-electron chi connectivity index (χ4n) is 3.83. The molecule has 0 radical (unpaired) electrons. The van der Waals surface area contributed by atoms with E-state index in [-0.39, 0.29) is 11.6 Å². The minimum Gasteiger partial charge on any atom is -0.355 e. The molecular weight excluding hydrogens is 419 g/mol. The van der Waals surface area contributed by atoms with Gasteiger partial charge in [-0.2, -0.15) is 13.2 Å². The second-order valence-corrected chi connectivity index (χ2v) is 7.75. The number of carbonyl (C=O) groups is 1. The number of rotatable bonds is 6. The molecule has 0 fully saturated rings. The fraction of sp³-hybridized carbons (Fsp3) is 0.348. The zero-order valence-corrected chi connectivity index (χ0v) is 17.5. The van der Waals surface area contributed by atoms with Gasteiger partial charge in [-0.25, -0.2) is 0 Å². The molecule has 0 spiro atoms. The van der Waals surface area contributed by atoms with Gasteiger partial charge in [-0.05, 0) is 43.2 Å². The number of benzene rings is 2. The molecule has 9 heteroatoms. The van der Waals surface area contributed by atoms with Crippen LogP contribution in [0.2, 0.25) is 0 Å². The molecule has 2 N–H and O–H groups in total. The quantitative estimate of drug-likeness (QED) is 0.577. The summed E-state index contributed by atoms with van der Waals surface area (Å²) in [7, 11) is 0. The predicted molar refractivity (Wildman–Crippen MR) is 115 cm³/mol. The monoisotopic (exact) mass is 443 g/mol. The highest BCUT2D eigenvalue weighted by atomic mass is 19.4. The number of aromatic nitrogens is 3. The Labute approximate surface area is 183 Å². The van der Waals surface area contributed by atoms with Crippen molar-refractivity contribution in [3.05, 3.63) is 71.3 Å². The summed E-state index contributed by atoms with van der Waals surface area (Å²) in [5.41, 5.74) is 0.286. The van der Waals surface area contributed by atoms with E-state index < -0.39 is 11.7 Å². The first-order valence-corrected chi connectivity index (χ1v) is 10.6. The molecule has 0 bridgehead atoms. The van der Waals surface area contributed by atoms with Crippen molar-refractivity contribution >= 4 is 17.3 Å². The van der Waals surface area contributed by atoms with Crippen LogP contribution in [0.4, 0.5) is 24.5 Å². The van der Waals surface area contributed by atoms with Crippen molar-refractivity contribution in [2.45, 2.75) is 44.8 Å². The number of carbonyl (C=O) groups excluding carboxylic acids is 1. The largest absolute Gasteiger partial charge is 0.416 e.